The number of hydrogen-bond donors (Lipinski definition) is 0. The molecule has 1 aromatic heterocycles. The number of fused-ring (bicyclic) bond motifs is 1. The first-order chi connectivity index (χ1) is 12.9. The molecule has 0 radical (unpaired) electrons. The van der Waals surface area contributed by atoms with Crippen LogP contribution in [0.3, 0.4) is 0 Å². The van der Waals surface area contributed by atoms with Gasteiger partial charge in [0.05, 0.1) is 21.6 Å². The first-order valence-electron chi connectivity index (χ1n) is 8.37. The minimum Gasteiger partial charge on any atom is -0.295 e. The third kappa shape index (κ3) is 2.83. The molecule has 1 aliphatic heterocycles. The fourth-order valence-corrected chi connectivity index (χ4v) is 4.54. The number of thioether (sulfide) groups is 1. The largest absolute Gasteiger partial charge is 0.328 e. The van der Waals surface area contributed by atoms with Crippen LogP contribution in [0, 0.1) is 6.92 Å². The lowest BCUT2D eigenvalue weighted by molar-refractivity contribution is -0.113. The van der Waals surface area contributed by atoms with Crippen molar-refractivity contribution in [3.8, 4) is 0 Å². The molecule has 0 bridgehead atoms. The van der Waals surface area contributed by atoms with Gasteiger partial charge in [0.2, 0.25) is 0 Å². The molecule has 1 saturated heterocycles. The monoisotopic (exact) mass is 395 g/mol. The number of thiocarbonyl (C=S) groups is 1. The van der Waals surface area contributed by atoms with E-state index < -0.39 is 0 Å². The van der Waals surface area contributed by atoms with Gasteiger partial charge in [-0.3, -0.25) is 18.8 Å². The molecule has 27 heavy (non-hydrogen) atoms. The number of para-hydroxylation sites is 1. The Morgan fingerprint density at radius 2 is 1.70 bits per heavy atom. The fraction of sp³-hybridized carbons (Fsp3) is 0.150. The lowest BCUT2D eigenvalue weighted by atomic mass is 10.1. The number of aromatic nitrogens is 2. The zero-order chi connectivity index (χ0) is 19.3. The molecule has 1 aliphatic rings. The molecule has 0 N–H and O–H groups in total. The second-order valence-corrected chi connectivity index (χ2v) is 8.13. The van der Waals surface area contributed by atoms with E-state index in [9.17, 15) is 9.59 Å². The van der Waals surface area contributed by atoms with Gasteiger partial charge in [-0.1, -0.05) is 48.2 Å². The standard InChI is InChI=1S/C20H17N3O2S2/c1-12-6-4-5-7-14(12)23-18(24)17(27-20(23)26)11-13-8-9-15-16(10-13)22(3)19(25)21(15)2/h4-11H,1-3H3/b17-11+. The van der Waals surface area contributed by atoms with Crippen molar-refractivity contribution < 1.29 is 4.79 Å². The molecule has 2 heterocycles. The summed E-state index contributed by atoms with van der Waals surface area (Å²) in [5, 5.41) is 0. The van der Waals surface area contributed by atoms with Gasteiger partial charge in [-0.05, 0) is 42.3 Å². The van der Waals surface area contributed by atoms with Gasteiger partial charge in [0, 0.05) is 14.1 Å². The van der Waals surface area contributed by atoms with Gasteiger partial charge in [0.1, 0.15) is 0 Å². The summed E-state index contributed by atoms with van der Waals surface area (Å²) in [4.78, 5) is 27.2. The van der Waals surface area contributed by atoms with Crippen molar-refractivity contribution in [3.63, 3.8) is 0 Å². The van der Waals surface area contributed by atoms with Crippen LogP contribution in [0.1, 0.15) is 11.1 Å². The number of benzene rings is 2. The summed E-state index contributed by atoms with van der Waals surface area (Å²) in [5.74, 6) is -0.124. The van der Waals surface area contributed by atoms with Gasteiger partial charge in [0.25, 0.3) is 5.91 Å². The molecule has 136 valence electrons. The maximum Gasteiger partial charge on any atom is 0.328 e. The van der Waals surface area contributed by atoms with Crippen LogP contribution in [0.25, 0.3) is 17.1 Å². The number of carbonyl (C=O) groups excluding carboxylic acids is 1. The molecule has 0 unspecified atom stereocenters. The van der Waals surface area contributed by atoms with Crippen molar-refractivity contribution in [1.29, 1.82) is 0 Å². The van der Waals surface area contributed by atoms with Crippen molar-refractivity contribution in [2.45, 2.75) is 6.92 Å². The van der Waals surface area contributed by atoms with E-state index in [4.69, 9.17) is 12.2 Å². The van der Waals surface area contributed by atoms with E-state index in [-0.39, 0.29) is 11.6 Å². The molecule has 0 spiro atoms. The molecule has 4 rings (SSSR count). The summed E-state index contributed by atoms with van der Waals surface area (Å²) in [5.41, 5.74) is 4.26. The van der Waals surface area contributed by atoms with Crippen LogP contribution >= 0.6 is 24.0 Å². The molecule has 0 aliphatic carbocycles. The van der Waals surface area contributed by atoms with E-state index in [0.29, 0.717) is 9.23 Å². The highest BCUT2D eigenvalue weighted by Gasteiger charge is 2.33. The third-order valence-electron chi connectivity index (χ3n) is 4.74. The van der Waals surface area contributed by atoms with E-state index in [1.165, 1.54) is 11.8 Å². The Kier molecular flexibility index (Phi) is 4.28. The molecule has 2 aromatic carbocycles. The number of hydrogen-bond acceptors (Lipinski definition) is 4. The molecule has 1 fully saturated rings. The van der Waals surface area contributed by atoms with Gasteiger partial charge in [0.15, 0.2) is 4.32 Å². The van der Waals surface area contributed by atoms with Gasteiger partial charge in [-0.2, -0.15) is 0 Å². The number of carbonyl (C=O) groups is 1. The van der Waals surface area contributed by atoms with Crippen LogP contribution in [-0.2, 0) is 18.9 Å². The fourth-order valence-electron chi connectivity index (χ4n) is 3.25. The minimum absolute atomic E-state index is 0.0759. The predicted octanol–water partition coefficient (Wildman–Crippen LogP) is 3.59. The van der Waals surface area contributed by atoms with E-state index in [0.717, 1.165) is 27.8 Å². The zero-order valence-corrected chi connectivity index (χ0v) is 16.7. The van der Waals surface area contributed by atoms with Crippen molar-refractivity contribution in [1.82, 2.24) is 9.13 Å². The third-order valence-corrected chi connectivity index (χ3v) is 6.05. The summed E-state index contributed by atoms with van der Waals surface area (Å²) in [6, 6.07) is 13.4. The number of imidazole rings is 1. The van der Waals surface area contributed by atoms with Crippen molar-refractivity contribution in [3.05, 3.63) is 69.0 Å². The maximum atomic E-state index is 13.0. The van der Waals surface area contributed by atoms with Gasteiger partial charge >= 0.3 is 5.69 Å². The second-order valence-electron chi connectivity index (χ2n) is 6.45. The first-order valence-corrected chi connectivity index (χ1v) is 9.60. The quantitative estimate of drug-likeness (QED) is 0.491. The number of amides is 1. The molecule has 5 nitrogen and oxygen atoms in total. The Labute approximate surface area is 165 Å². The van der Waals surface area contributed by atoms with E-state index >= 15 is 0 Å². The summed E-state index contributed by atoms with van der Waals surface area (Å²) in [6.07, 6.45) is 1.83. The van der Waals surface area contributed by atoms with Crippen LogP contribution in [0.2, 0.25) is 0 Å². The van der Waals surface area contributed by atoms with Gasteiger partial charge < -0.3 is 0 Å². The number of anilines is 1. The minimum atomic E-state index is -0.124. The highest BCUT2D eigenvalue weighted by molar-refractivity contribution is 8.27. The molecular formula is C20H17N3O2S2. The predicted molar refractivity (Wildman–Crippen MR) is 115 cm³/mol. The van der Waals surface area contributed by atoms with Crippen molar-refractivity contribution in [2.24, 2.45) is 14.1 Å². The Bertz CT molecular complexity index is 1200. The summed E-state index contributed by atoms with van der Waals surface area (Å²) >= 11 is 6.74. The summed E-state index contributed by atoms with van der Waals surface area (Å²) in [7, 11) is 3.49. The molecule has 7 heteroatoms. The van der Waals surface area contributed by atoms with Crippen LogP contribution in [0.15, 0.2) is 52.2 Å². The zero-order valence-electron chi connectivity index (χ0n) is 15.1. The normalized spacial score (nSPS) is 16.1. The average molecular weight is 396 g/mol. The summed E-state index contributed by atoms with van der Waals surface area (Å²) in [6.45, 7) is 1.96. The van der Waals surface area contributed by atoms with Crippen LogP contribution in [0.4, 0.5) is 5.69 Å². The Hall–Kier alpha value is -2.64. The molecule has 0 saturated carbocycles. The topological polar surface area (TPSA) is 47.2 Å². The SMILES string of the molecule is Cc1ccccc1N1C(=O)/C(=C\c2ccc3c(c2)n(C)c(=O)n3C)SC1=S. The highest BCUT2D eigenvalue weighted by Crippen LogP contribution is 2.37. The van der Waals surface area contributed by atoms with Crippen LogP contribution in [0.5, 0.6) is 0 Å². The smallest absolute Gasteiger partial charge is 0.295 e. The lowest BCUT2D eigenvalue weighted by Crippen LogP contribution is -2.28. The van der Waals surface area contributed by atoms with Crippen LogP contribution in [-0.4, -0.2) is 19.4 Å². The maximum absolute atomic E-state index is 13.0. The number of aryl methyl sites for hydroxylation is 3. The average Bonchev–Trinajstić information content (AvgIpc) is 3.04. The van der Waals surface area contributed by atoms with Gasteiger partial charge in [-0.15, -0.1) is 0 Å². The van der Waals surface area contributed by atoms with E-state index in [2.05, 4.69) is 0 Å². The Balaban J connectivity index is 1.75. The summed E-state index contributed by atoms with van der Waals surface area (Å²) < 4.78 is 3.73. The number of nitrogens with zero attached hydrogens (tertiary/aromatic N) is 3. The molecular weight excluding hydrogens is 378 g/mol. The van der Waals surface area contributed by atoms with Gasteiger partial charge in [-0.25, -0.2) is 4.79 Å². The Morgan fingerprint density at radius 1 is 1.00 bits per heavy atom. The van der Waals surface area contributed by atoms with E-state index in [1.807, 2.05) is 55.5 Å². The number of rotatable bonds is 2. The van der Waals surface area contributed by atoms with Crippen molar-refractivity contribution >= 4 is 57.0 Å². The lowest BCUT2D eigenvalue weighted by Gasteiger charge is -2.16. The van der Waals surface area contributed by atoms with Crippen molar-refractivity contribution in [2.75, 3.05) is 4.90 Å². The molecule has 1 amide bonds. The molecule has 3 aromatic rings. The highest BCUT2D eigenvalue weighted by atomic mass is 32.2. The first kappa shape index (κ1) is 17.8. The second kappa shape index (κ2) is 6.51. The Morgan fingerprint density at radius 3 is 2.44 bits per heavy atom. The van der Waals surface area contributed by atoms with Crippen LogP contribution < -0.4 is 10.6 Å². The molecule has 0 atom stereocenters. The van der Waals surface area contributed by atoms with E-state index in [1.54, 1.807) is 28.1 Å².